The molecule has 0 saturated carbocycles. The van der Waals surface area contributed by atoms with Crippen molar-refractivity contribution >= 4 is 5.96 Å². The molecule has 0 aliphatic carbocycles. The molecule has 0 radical (unpaired) electrons. The predicted octanol–water partition coefficient (Wildman–Crippen LogP) is 3.38. The van der Waals surface area contributed by atoms with Gasteiger partial charge in [0.2, 0.25) is 0 Å². The molecule has 7 nitrogen and oxygen atoms in total. The molecular formula is C25H38N4O3. The third-order valence-electron chi connectivity index (χ3n) is 5.46. The highest BCUT2D eigenvalue weighted by molar-refractivity contribution is 5.79. The van der Waals surface area contributed by atoms with E-state index >= 15 is 0 Å². The number of guanidine groups is 1. The average molecular weight is 443 g/mol. The highest BCUT2D eigenvalue weighted by Gasteiger charge is 2.18. The van der Waals surface area contributed by atoms with E-state index in [9.17, 15) is 5.11 Å². The van der Waals surface area contributed by atoms with Crippen molar-refractivity contribution in [2.45, 2.75) is 32.9 Å². The maximum Gasteiger partial charge on any atom is 0.191 e. The number of hydrogen-bond acceptors (Lipinski definition) is 5. The first-order valence-corrected chi connectivity index (χ1v) is 11.3. The minimum absolute atomic E-state index is 0.192. The van der Waals surface area contributed by atoms with Crippen molar-refractivity contribution in [3.8, 4) is 11.5 Å². The number of hydrogen-bond donors (Lipinski definition) is 3. The molecule has 2 aromatic carbocycles. The van der Waals surface area contributed by atoms with E-state index in [4.69, 9.17) is 14.5 Å². The number of nitrogens with zero attached hydrogens (tertiary/aromatic N) is 2. The Morgan fingerprint density at radius 3 is 2.22 bits per heavy atom. The second-order valence-corrected chi connectivity index (χ2v) is 7.38. The maximum atomic E-state index is 10.7. The van der Waals surface area contributed by atoms with Gasteiger partial charge in [-0.15, -0.1) is 0 Å². The zero-order chi connectivity index (χ0) is 23.3. The van der Waals surface area contributed by atoms with Crippen LogP contribution in [0.4, 0.5) is 0 Å². The Balaban J connectivity index is 2.11. The van der Waals surface area contributed by atoms with Crippen molar-refractivity contribution in [1.82, 2.24) is 15.5 Å². The monoisotopic (exact) mass is 442 g/mol. The molecule has 2 atom stereocenters. The van der Waals surface area contributed by atoms with Gasteiger partial charge in [0.05, 0.1) is 32.9 Å². The third kappa shape index (κ3) is 7.14. The molecule has 0 bridgehead atoms. The Morgan fingerprint density at radius 2 is 1.62 bits per heavy atom. The first-order valence-electron chi connectivity index (χ1n) is 11.3. The van der Waals surface area contributed by atoms with Gasteiger partial charge in [-0.05, 0) is 43.3 Å². The number of benzene rings is 2. The molecule has 2 unspecified atom stereocenters. The summed E-state index contributed by atoms with van der Waals surface area (Å²) in [6, 6.07) is 16.1. The quantitative estimate of drug-likeness (QED) is 0.346. The largest absolute Gasteiger partial charge is 0.493 e. The molecule has 0 aromatic heterocycles. The van der Waals surface area contributed by atoms with Gasteiger partial charge in [0.15, 0.2) is 17.5 Å². The number of aliphatic hydroxyl groups excluding tert-OH is 1. The molecule has 0 amide bonds. The van der Waals surface area contributed by atoms with Crippen LogP contribution in [-0.4, -0.2) is 62.9 Å². The standard InChI is InChI=1S/C25H38N4O3/c1-6-26-25(27-17-21(29(7-2)8-3)19-12-10-9-11-13-19)28-18-22(30)20-14-15-23(31-4)24(16-20)32-5/h9-16,21-22,30H,6-8,17-18H2,1-5H3,(H2,26,27,28). The summed E-state index contributed by atoms with van der Waals surface area (Å²) in [4.78, 5) is 7.23. The summed E-state index contributed by atoms with van der Waals surface area (Å²) >= 11 is 0. The number of likely N-dealkylation sites (N-methyl/N-ethyl adjacent to an activating group) is 1. The lowest BCUT2D eigenvalue weighted by atomic mass is 10.1. The maximum absolute atomic E-state index is 10.7. The molecule has 0 heterocycles. The van der Waals surface area contributed by atoms with Gasteiger partial charge in [-0.25, -0.2) is 0 Å². The van der Waals surface area contributed by atoms with Crippen molar-refractivity contribution in [2.24, 2.45) is 4.99 Å². The lowest BCUT2D eigenvalue weighted by Gasteiger charge is -2.29. The lowest BCUT2D eigenvalue weighted by molar-refractivity contribution is 0.180. The molecule has 0 aliphatic heterocycles. The molecule has 2 rings (SSSR count). The summed E-state index contributed by atoms with van der Waals surface area (Å²) in [6.07, 6.45) is -0.716. The molecule has 0 fully saturated rings. The van der Waals surface area contributed by atoms with Crippen LogP contribution in [0.2, 0.25) is 0 Å². The van der Waals surface area contributed by atoms with Gasteiger partial charge in [-0.1, -0.05) is 50.2 Å². The van der Waals surface area contributed by atoms with Gasteiger partial charge < -0.3 is 25.2 Å². The number of ether oxygens (including phenoxy) is 2. The van der Waals surface area contributed by atoms with Gasteiger partial charge in [-0.3, -0.25) is 9.89 Å². The third-order valence-corrected chi connectivity index (χ3v) is 5.46. The Bertz CT molecular complexity index is 825. The first kappa shape index (κ1) is 25.5. The normalized spacial score (nSPS) is 13.5. The summed E-state index contributed by atoms with van der Waals surface area (Å²) in [7, 11) is 3.18. The van der Waals surface area contributed by atoms with E-state index in [1.54, 1.807) is 26.4 Å². The van der Waals surface area contributed by atoms with E-state index in [-0.39, 0.29) is 6.04 Å². The van der Waals surface area contributed by atoms with E-state index in [1.165, 1.54) is 5.56 Å². The highest BCUT2D eigenvalue weighted by Crippen LogP contribution is 2.29. The molecule has 176 valence electrons. The summed E-state index contributed by atoms with van der Waals surface area (Å²) in [5.74, 6) is 1.91. The van der Waals surface area contributed by atoms with E-state index in [0.29, 0.717) is 30.5 Å². The number of methoxy groups -OCH3 is 2. The molecule has 7 heteroatoms. The van der Waals surface area contributed by atoms with Crippen molar-refractivity contribution < 1.29 is 14.6 Å². The topological polar surface area (TPSA) is 78.4 Å². The zero-order valence-electron chi connectivity index (χ0n) is 20.0. The molecule has 32 heavy (non-hydrogen) atoms. The summed E-state index contributed by atoms with van der Waals surface area (Å²) < 4.78 is 10.6. The number of aliphatic hydroxyl groups is 1. The Labute approximate surface area is 192 Å². The van der Waals surface area contributed by atoms with Crippen LogP contribution in [0.15, 0.2) is 53.5 Å². The predicted molar refractivity (Wildman–Crippen MR) is 131 cm³/mol. The van der Waals surface area contributed by atoms with E-state index in [1.807, 2.05) is 19.1 Å². The first-order chi connectivity index (χ1) is 15.6. The molecule has 2 aromatic rings. The number of aliphatic imine (C=N–C) groups is 1. The van der Waals surface area contributed by atoms with Crippen LogP contribution in [0.3, 0.4) is 0 Å². The second kappa shape index (κ2) is 13.6. The van der Waals surface area contributed by atoms with E-state index in [2.05, 4.69) is 53.6 Å². The summed E-state index contributed by atoms with van der Waals surface area (Å²) in [5, 5.41) is 17.2. The van der Waals surface area contributed by atoms with Crippen LogP contribution in [0.25, 0.3) is 0 Å². The fourth-order valence-corrected chi connectivity index (χ4v) is 3.66. The van der Waals surface area contributed by atoms with Crippen LogP contribution in [0, 0.1) is 0 Å². The van der Waals surface area contributed by atoms with Gasteiger partial charge >= 0.3 is 0 Å². The summed E-state index contributed by atoms with van der Waals surface area (Å²) in [6.45, 7) is 9.95. The Hall–Kier alpha value is -2.77. The molecule has 0 saturated heterocycles. The Morgan fingerprint density at radius 1 is 0.938 bits per heavy atom. The average Bonchev–Trinajstić information content (AvgIpc) is 2.84. The van der Waals surface area contributed by atoms with Crippen LogP contribution in [0.5, 0.6) is 11.5 Å². The SMILES string of the molecule is CCNC(=NCC(c1ccccc1)N(CC)CC)NCC(O)c1ccc(OC)c(OC)c1. The van der Waals surface area contributed by atoms with E-state index in [0.717, 1.165) is 25.2 Å². The van der Waals surface area contributed by atoms with Crippen LogP contribution >= 0.6 is 0 Å². The Kier molecular flexibility index (Phi) is 10.8. The number of rotatable bonds is 12. The van der Waals surface area contributed by atoms with E-state index < -0.39 is 6.10 Å². The minimum Gasteiger partial charge on any atom is -0.493 e. The molecule has 0 aliphatic rings. The van der Waals surface area contributed by atoms with Gasteiger partial charge in [-0.2, -0.15) is 0 Å². The molecule has 0 spiro atoms. The van der Waals surface area contributed by atoms with Gasteiger partial charge in [0.25, 0.3) is 0 Å². The zero-order valence-corrected chi connectivity index (χ0v) is 20.0. The van der Waals surface area contributed by atoms with Crippen molar-refractivity contribution in [1.29, 1.82) is 0 Å². The minimum atomic E-state index is -0.716. The highest BCUT2D eigenvalue weighted by atomic mass is 16.5. The van der Waals surface area contributed by atoms with Crippen molar-refractivity contribution in [3.63, 3.8) is 0 Å². The summed E-state index contributed by atoms with van der Waals surface area (Å²) in [5.41, 5.74) is 2.00. The second-order valence-electron chi connectivity index (χ2n) is 7.38. The molecular weight excluding hydrogens is 404 g/mol. The fraction of sp³-hybridized carbons (Fsp3) is 0.480. The van der Waals surface area contributed by atoms with Crippen LogP contribution in [-0.2, 0) is 0 Å². The number of nitrogens with one attached hydrogen (secondary N) is 2. The smallest absolute Gasteiger partial charge is 0.191 e. The van der Waals surface area contributed by atoms with Crippen LogP contribution < -0.4 is 20.1 Å². The molecule has 3 N–H and O–H groups in total. The lowest BCUT2D eigenvalue weighted by Crippen LogP contribution is -2.40. The van der Waals surface area contributed by atoms with Crippen molar-refractivity contribution in [3.05, 3.63) is 59.7 Å². The fourth-order valence-electron chi connectivity index (χ4n) is 3.66. The van der Waals surface area contributed by atoms with Crippen molar-refractivity contribution in [2.75, 3.05) is 46.9 Å². The van der Waals surface area contributed by atoms with Gasteiger partial charge in [0.1, 0.15) is 0 Å². The van der Waals surface area contributed by atoms with Crippen LogP contribution in [0.1, 0.15) is 44.0 Å². The van der Waals surface area contributed by atoms with Gasteiger partial charge in [0, 0.05) is 13.1 Å².